The zero-order chi connectivity index (χ0) is 16.7. The normalized spacial score (nSPS) is 14.9. The van der Waals surface area contributed by atoms with E-state index in [1.165, 1.54) is 37.1 Å². The van der Waals surface area contributed by atoms with Crippen LogP contribution in [-0.4, -0.2) is 32.1 Å². The molecule has 3 N–H and O–H groups in total. The fourth-order valence-electron chi connectivity index (χ4n) is 1.83. The van der Waals surface area contributed by atoms with Gasteiger partial charge in [-0.25, -0.2) is 0 Å². The van der Waals surface area contributed by atoms with Crippen molar-refractivity contribution in [3.63, 3.8) is 0 Å². The van der Waals surface area contributed by atoms with Crippen LogP contribution in [-0.2, 0) is 4.74 Å². The summed E-state index contributed by atoms with van der Waals surface area (Å²) in [7, 11) is 0. The lowest BCUT2D eigenvalue weighted by Gasteiger charge is -2.10. The molecule has 5 nitrogen and oxygen atoms in total. The smallest absolute Gasteiger partial charge is 0.406 e. The number of benzene rings is 1. The molecule has 1 aliphatic carbocycles. The molecule has 0 aromatic heterocycles. The summed E-state index contributed by atoms with van der Waals surface area (Å²) in [6.45, 7) is 2.00. The van der Waals surface area contributed by atoms with Crippen molar-refractivity contribution >= 4 is 35.6 Å². The SMILES string of the molecule is I.NC(=NCCCOCC1CC1)Nc1ccc(OC(F)(F)F)cc1. The van der Waals surface area contributed by atoms with E-state index < -0.39 is 6.36 Å². The molecule has 0 unspecified atom stereocenters. The Morgan fingerprint density at radius 2 is 1.92 bits per heavy atom. The first-order valence-corrected chi connectivity index (χ1v) is 7.43. The summed E-state index contributed by atoms with van der Waals surface area (Å²) in [5, 5.41) is 2.80. The molecule has 9 heteroatoms. The van der Waals surface area contributed by atoms with Crippen LogP contribution in [0.15, 0.2) is 29.3 Å². The molecule has 0 amide bonds. The third kappa shape index (κ3) is 9.16. The Bertz CT molecular complexity index is 520. The molecule has 2 rings (SSSR count). The van der Waals surface area contributed by atoms with Gasteiger partial charge >= 0.3 is 6.36 Å². The predicted molar refractivity (Wildman–Crippen MR) is 96.8 cm³/mol. The van der Waals surface area contributed by atoms with E-state index in [2.05, 4.69) is 15.0 Å². The first-order chi connectivity index (χ1) is 10.9. The second kappa shape index (κ2) is 9.92. The van der Waals surface area contributed by atoms with Crippen molar-refractivity contribution in [2.75, 3.05) is 25.1 Å². The number of ether oxygens (including phenoxy) is 2. The summed E-state index contributed by atoms with van der Waals surface area (Å²) >= 11 is 0. The van der Waals surface area contributed by atoms with Gasteiger partial charge in [0.25, 0.3) is 0 Å². The van der Waals surface area contributed by atoms with Crippen molar-refractivity contribution in [3.05, 3.63) is 24.3 Å². The second-order valence-corrected chi connectivity index (χ2v) is 5.34. The number of anilines is 1. The average Bonchev–Trinajstić information content (AvgIpc) is 3.27. The minimum absolute atomic E-state index is 0. The molecule has 1 aromatic rings. The lowest BCUT2D eigenvalue weighted by molar-refractivity contribution is -0.274. The molecule has 1 aromatic carbocycles. The van der Waals surface area contributed by atoms with E-state index >= 15 is 0 Å². The van der Waals surface area contributed by atoms with Crippen LogP contribution >= 0.6 is 24.0 Å². The van der Waals surface area contributed by atoms with Gasteiger partial charge in [0.05, 0.1) is 0 Å². The highest BCUT2D eigenvalue weighted by molar-refractivity contribution is 14.0. The minimum Gasteiger partial charge on any atom is -0.406 e. The first kappa shape index (κ1) is 20.8. The Morgan fingerprint density at radius 3 is 2.50 bits per heavy atom. The molecule has 0 saturated heterocycles. The molecule has 0 spiro atoms. The monoisotopic (exact) mass is 459 g/mol. The summed E-state index contributed by atoms with van der Waals surface area (Å²) in [6, 6.07) is 5.27. The Morgan fingerprint density at radius 1 is 1.25 bits per heavy atom. The Balaban J connectivity index is 0.00000288. The number of halogens is 4. The fraction of sp³-hybridized carbons (Fsp3) is 0.533. The van der Waals surface area contributed by atoms with Gasteiger partial charge in [-0.2, -0.15) is 0 Å². The maximum atomic E-state index is 12.0. The molecule has 0 heterocycles. The Kier molecular flexibility index (Phi) is 8.60. The number of alkyl halides is 3. The second-order valence-electron chi connectivity index (χ2n) is 5.34. The maximum Gasteiger partial charge on any atom is 0.573 e. The predicted octanol–water partition coefficient (Wildman–Crippen LogP) is 3.75. The third-order valence-corrected chi connectivity index (χ3v) is 3.14. The molecular formula is C15H21F3IN3O2. The average molecular weight is 459 g/mol. The molecule has 24 heavy (non-hydrogen) atoms. The van der Waals surface area contributed by atoms with E-state index in [1.54, 1.807) is 0 Å². The van der Waals surface area contributed by atoms with Crippen LogP contribution in [0.25, 0.3) is 0 Å². The summed E-state index contributed by atoms with van der Waals surface area (Å²) in [4.78, 5) is 4.13. The molecule has 136 valence electrons. The van der Waals surface area contributed by atoms with Gasteiger partial charge in [0.2, 0.25) is 0 Å². The highest BCUT2D eigenvalue weighted by Gasteiger charge is 2.30. The van der Waals surface area contributed by atoms with Crippen molar-refractivity contribution in [2.45, 2.75) is 25.6 Å². The number of hydrogen-bond donors (Lipinski definition) is 2. The number of nitrogens with one attached hydrogen (secondary N) is 1. The largest absolute Gasteiger partial charge is 0.573 e. The summed E-state index contributed by atoms with van der Waals surface area (Å²) in [6.07, 6.45) is -1.39. The van der Waals surface area contributed by atoms with Crippen LogP contribution < -0.4 is 15.8 Å². The number of aliphatic imine (C=N–C) groups is 1. The number of rotatable bonds is 8. The van der Waals surface area contributed by atoms with Gasteiger partial charge in [0, 0.05) is 25.4 Å². The maximum absolute atomic E-state index is 12.0. The molecule has 0 aliphatic heterocycles. The molecule has 0 radical (unpaired) electrons. The molecule has 0 bridgehead atoms. The lowest BCUT2D eigenvalue weighted by Crippen LogP contribution is -2.23. The van der Waals surface area contributed by atoms with Crippen LogP contribution in [0.3, 0.4) is 0 Å². The van der Waals surface area contributed by atoms with Crippen molar-refractivity contribution < 1.29 is 22.6 Å². The van der Waals surface area contributed by atoms with Crippen molar-refractivity contribution in [2.24, 2.45) is 16.6 Å². The number of guanidine groups is 1. The van der Waals surface area contributed by atoms with E-state index in [1.807, 2.05) is 0 Å². The zero-order valence-electron chi connectivity index (χ0n) is 13.0. The molecule has 1 aliphatic rings. The van der Waals surface area contributed by atoms with Crippen molar-refractivity contribution in [3.8, 4) is 5.75 Å². The van der Waals surface area contributed by atoms with Crippen LogP contribution in [0.5, 0.6) is 5.75 Å². The van der Waals surface area contributed by atoms with E-state index in [4.69, 9.17) is 10.5 Å². The van der Waals surface area contributed by atoms with Gasteiger partial charge in [-0.3, -0.25) is 4.99 Å². The van der Waals surface area contributed by atoms with E-state index in [-0.39, 0.29) is 35.7 Å². The zero-order valence-corrected chi connectivity index (χ0v) is 15.3. The van der Waals surface area contributed by atoms with E-state index in [0.717, 1.165) is 18.9 Å². The van der Waals surface area contributed by atoms with Gasteiger partial charge in [0.1, 0.15) is 5.75 Å². The highest BCUT2D eigenvalue weighted by Crippen LogP contribution is 2.28. The topological polar surface area (TPSA) is 68.9 Å². The summed E-state index contributed by atoms with van der Waals surface area (Å²) < 4.78 is 45.4. The lowest BCUT2D eigenvalue weighted by atomic mass is 10.3. The van der Waals surface area contributed by atoms with E-state index in [0.29, 0.717) is 18.8 Å². The molecular weight excluding hydrogens is 438 g/mol. The fourth-order valence-corrected chi connectivity index (χ4v) is 1.83. The Hall–Kier alpha value is -1.23. The molecule has 1 saturated carbocycles. The van der Waals surface area contributed by atoms with Crippen LogP contribution in [0.1, 0.15) is 19.3 Å². The van der Waals surface area contributed by atoms with E-state index in [9.17, 15) is 13.2 Å². The van der Waals surface area contributed by atoms with Crippen LogP contribution in [0.2, 0.25) is 0 Å². The first-order valence-electron chi connectivity index (χ1n) is 7.43. The van der Waals surface area contributed by atoms with Gasteiger partial charge in [-0.15, -0.1) is 37.1 Å². The molecule has 1 fully saturated rings. The van der Waals surface area contributed by atoms with Gasteiger partial charge < -0.3 is 20.5 Å². The number of hydrogen-bond acceptors (Lipinski definition) is 3. The standard InChI is InChI=1S/C15H20F3N3O2.HI/c16-15(17,18)23-13-6-4-12(5-7-13)21-14(19)20-8-1-9-22-10-11-2-3-11;/h4-7,11H,1-3,8-10H2,(H3,19,20,21);1H. The minimum atomic E-state index is -4.70. The summed E-state index contributed by atoms with van der Waals surface area (Å²) in [5.41, 5.74) is 6.24. The van der Waals surface area contributed by atoms with Crippen LogP contribution in [0.4, 0.5) is 18.9 Å². The number of nitrogens with zero attached hydrogens (tertiary/aromatic N) is 1. The number of nitrogens with two attached hydrogens (primary N) is 1. The van der Waals surface area contributed by atoms with Crippen molar-refractivity contribution in [1.29, 1.82) is 0 Å². The Labute approximate surface area is 155 Å². The van der Waals surface area contributed by atoms with Gasteiger partial charge in [0.15, 0.2) is 5.96 Å². The van der Waals surface area contributed by atoms with Gasteiger partial charge in [-0.1, -0.05) is 0 Å². The molecule has 0 atom stereocenters. The third-order valence-electron chi connectivity index (χ3n) is 3.14. The van der Waals surface area contributed by atoms with Crippen molar-refractivity contribution in [1.82, 2.24) is 0 Å². The quantitative estimate of drug-likeness (QED) is 0.269. The van der Waals surface area contributed by atoms with Gasteiger partial charge in [-0.05, 0) is 49.4 Å². The van der Waals surface area contributed by atoms with Crippen LogP contribution in [0, 0.1) is 5.92 Å². The summed E-state index contributed by atoms with van der Waals surface area (Å²) in [5.74, 6) is 0.664. The highest BCUT2D eigenvalue weighted by atomic mass is 127.